The summed E-state index contributed by atoms with van der Waals surface area (Å²) in [7, 11) is 0. The van der Waals surface area contributed by atoms with Gasteiger partial charge in [0.25, 0.3) is 0 Å². The number of benzene rings is 1. The van der Waals surface area contributed by atoms with Crippen molar-refractivity contribution in [2.24, 2.45) is 11.8 Å². The van der Waals surface area contributed by atoms with Gasteiger partial charge in [-0.2, -0.15) is 0 Å². The number of hydrogen-bond acceptors (Lipinski definition) is 3. The maximum Gasteiger partial charge on any atom is 0.0543 e. The molecule has 25 heavy (non-hydrogen) atoms. The third-order valence-corrected chi connectivity index (χ3v) is 6.23. The second kappa shape index (κ2) is 9.59. The molecular weight excluding hydrogens is 310 g/mol. The molecule has 0 spiro atoms. The van der Waals surface area contributed by atoms with Crippen molar-refractivity contribution in [3.8, 4) is 0 Å². The second-order valence-electron chi connectivity index (χ2n) is 8.27. The van der Waals surface area contributed by atoms with Crippen molar-refractivity contribution < 1.29 is 10.2 Å². The fourth-order valence-electron chi connectivity index (χ4n) is 4.77. The van der Waals surface area contributed by atoms with Crippen molar-refractivity contribution in [3.63, 3.8) is 0 Å². The summed E-state index contributed by atoms with van der Waals surface area (Å²) in [5, 5.41) is 19.4. The molecule has 0 aromatic heterocycles. The molecule has 2 aliphatic carbocycles. The largest absolute Gasteiger partial charge is 0.393 e. The van der Waals surface area contributed by atoms with E-state index in [0.29, 0.717) is 0 Å². The number of para-hydroxylation sites is 1. The number of aliphatic hydroxyl groups is 2. The Morgan fingerprint density at radius 1 is 0.760 bits per heavy atom. The molecule has 1 aromatic carbocycles. The first-order valence-corrected chi connectivity index (χ1v) is 10.4. The van der Waals surface area contributed by atoms with Crippen LogP contribution in [-0.2, 0) is 0 Å². The van der Waals surface area contributed by atoms with Gasteiger partial charge < -0.3 is 15.1 Å². The van der Waals surface area contributed by atoms with Crippen LogP contribution < -0.4 is 4.90 Å². The monoisotopic (exact) mass is 345 g/mol. The van der Waals surface area contributed by atoms with Crippen LogP contribution in [0.1, 0.15) is 64.2 Å². The van der Waals surface area contributed by atoms with E-state index in [0.717, 1.165) is 50.6 Å². The Labute approximate surface area is 153 Å². The molecule has 3 rings (SSSR count). The number of aliphatic hydroxyl groups excluding tert-OH is 2. The minimum Gasteiger partial charge on any atom is -0.393 e. The van der Waals surface area contributed by atoms with E-state index in [9.17, 15) is 10.2 Å². The van der Waals surface area contributed by atoms with Crippen LogP contribution in [0.3, 0.4) is 0 Å². The molecular formula is C22H35NO2. The first-order valence-electron chi connectivity index (χ1n) is 10.4. The Hall–Kier alpha value is -1.06. The molecule has 0 bridgehead atoms. The lowest BCUT2D eigenvalue weighted by molar-refractivity contribution is 0.176. The lowest BCUT2D eigenvalue weighted by Crippen LogP contribution is -2.26. The number of anilines is 1. The normalized spacial score (nSPS) is 29.2. The fraction of sp³-hybridized carbons (Fsp3) is 0.727. The Kier molecular flexibility index (Phi) is 7.18. The highest BCUT2D eigenvalue weighted by Crippen LogP contribution is 2.31. The van der Waals surface area contributed by atoms with E-state index in [2.05, 4.69) is 35.2 Å². The van der Waals surface area contributed by atoms with Crippen LogP contribution in [0.25, 0.3) is 0 Å². The summed E-state index contributed by atoms with van der Waals surface area (Å²) in [5.74, 6) is 1.46. The van der Waals surface area contributed by atoms with Gasteiger partial charge >= 0.3 is 0 Å². The van der Waals surface area contributed by atoms with Crippen molar-refractivity contribution in [1.82, 2.24) is 0 Å². The third-order valence-electron chi connectivity index (χ3n) is 6.23. The summed E-state index contributed by atoms with van der Waals surface area (Å²) >= 11 is 0. The van der Waals surface area contributed by atoms with Gasteiger partial charge in [0.2, 0.25) is 0 Å². The van der Waals surface area contributed by atoms with Gasteiger partial charge in [0, 0.05) is 18.8 Å². The molecule has 2 saturated carbocycles. The second-order valence-corrected chi connectivity index (χ2v) is 8.27. The minimum atomic E-state index is -0.0445. The Morgan fingerprint density at radius 2 is 1.28 bits per heavy atom. The molecule has 0 saturated heterocycles. The Bertz CT molecular complexity index is 466. The van der Waals surface area contributed by atoms with Crippen molar-refractivity contribution >= 4 is 5.69 Å². The summed E-state index contributed by atoms with van der Waals surface area (Å²) in [5.41, 5.74) is 1.33. The van der Waals surface area contributed by atoms with E-state index in [1.54, 1.807) is 0 Å². The van der Waals surface area contributed by atoms with Crippen molar-refractivity contribution in [3.05, 3.63) is 30.3 Å². The molecule has 1 aromatic rings. The minimum absolute atomic E-state index is 0.0445. The van der Waals surface area contributed by atoms with Crippen LogP contribution in [0.2, 0.25) is 0 Å². The van der Waals surface area contributed by atoms with E-state index >= 15 is 0 Å². The standard InChI is InChI=1S/C22H35NO2/c24-21-12-10-18(16-21)6-4-14-23(20-8-2-1-3-9-20)15-5-7-19-11-13-22(25)17-19/h1-3,8-9,18-19,21-22,24-25H,4-7,10-17H2. The van der Waals surface area contributed by atoms with Crippen molar-refractivity contribution in [2.75, 3.05) is 18.0 Å². The van der Waals surface area contributed by atoms with E-state index in [1.807, 2.05) is 0 Å². The number of nitrogens with zero attached hydrogens (tertiary/aromatic N) is 1. The first-order chi connectivity index (χ1) is 12.2. The highest BCUT2D eigenvalue weighted by Gasteiger charge is 2.23. The van der Waals surface area contributed by atoms with Crippen LogP contribution >= 0.6 is 0 Å². The SMILES string of the molecule is OC1CCC(CCCN(CCCC2CCC(O)C2)c2ccccc2)C1. The summed E-state index contributed by atoms with van der Waals surface area (Å²) in [4.78, 5) is 2.54. The molecule has 2 fully saturated rings. The topological polar surface area (TPSA) is 43.7 Å². The highest BCUT2D eigenvalue weighted by molar-refractivity contribution is 5.45. The maximum atomic E-state index is 9.70. The average Bonchev–Trinajstić information content (AvgIpc) is 3.22. The van der Waals surface area contributed by atoms with Gasteiger partial charge in [0.15, 0.2) is 0 Å². The van der Waals surface area contributed by atoms with Crippen LogP contribution in [0.5, 0.6) is 0 Å². The zero-order chi connectivity index (χ0) is 17.5. The molecule has 2 aliphatic rings. The molecule has 2 N–H and O–H groups in total. The highest BCUT2D eigenvalue weighted by atomic mass is 16.3. The van der Waals surface area contributed by atoms with E-state index in [1.165, 1.54) is 44.2 Å². The summed E-state index contributed by atoms with van der Waals surface area (Å²) in [6.45, 7) is 2.23. The molecule has 0 radical (unpaired) electrons. The van der Waals surface area contributed by atoms with Crippen LogP contribution in [-0.4, -0.2) is 35.5 Å². The van der Waals surface area contributed by atoms with Gasteiger partial charge in [-0.1, -0.05) is 18.2 Å². The predicted octanol–water partition coefficient (Wildman–Crippen LogP) is 4.38. The Morgan fingerprint density at radius 3 is 1.72 bits per heavy atom. The summed E-state index contributed by atoms with van der Waals surface area (Å²) in [6, 6.07) is 10.8. The molecule has 4 unspecified atom stereocenters. The average molecular weight is 346 g/mol. The Balaban J connectivity index is 1.44. The van der Waals surface area contributed by atoms with Crippen molar-refractivity contribution in [1.29, 1.82) is 0 Å². The fourth-order valence-corrected chi connectivity index (χ4v) is 4.77. The van der Waals surface area contributed by atoms with Gasteiger partial charge in [-0.25, -0.2) is 0 Å². The lowest BCUT2D eigenvalue weighted by Gasteiger charge is -2.26. The molecule has 3 heteroatoms. The zero-order valence-electron chi connectivity index (χ0n) is 15.5. The van der Waals surface area contributed by atoms with Crippen LogP contribution in [0.15, 0.2) is 30.3 Å². The zero-order valence-corrected chi connectivity index (χ0v) is 15.5. The third kappa shape index (κ3) is 6.00. The molecule has 0 amide bonds. The van der Waals surface area contributed by atoms with Gasteiger partial charge in [-0.3, -0.25) is 0 Å². The van der Waals surface area contributed by atoms with E-state index in [4.69, 9.17) is 0 Å². The molecule has 0 heterocycles. The van der Waals surface area contributed by atoms with E-state index < -0.39 is 0 Å². The number of rotatable bonds is 9. The summed E-state index contributed by atoms with van der Waals surface area (Å²) < 4.78 is 0. The van der Waals surface area contributed by atoms with Crippen molar-refractivity contribution in [2.45, 2.75) is 76.4 Å². The molecule has 3 nitrogen and oxygen atoms in total. The summed E-state index contributed by atoms with van der Waals surface area (Å²) in [6.07, 6.45) is 11.3. The van der Waals surface area contributed by atoms with Gasteiger partial charge in [0.1, 0.15) is 0 Å². The van der Waals surface area contributed by atoms with E-state index in [-0.39, 0.29) is 12.2 Å². The van der Waals surface area contributed by atoms with Crippen LogP contribution in [0, 0.1) is 11.8 Å². The lowest BCUT2D eigenvalue weighted by atomic mass is 10.0. The predicted molar refractivity (Wildman–Crippen MR) is 104 cm³/mol. The first kappa shape index (κ1) is 18.7. The number of hydrogen-bond donors (Lipinski definition) is 2. The molecule has 4 atom stereocenters. The van der Waals surface area contributed by atoms with Gasteiger partial charge in [-0.15, -0.1) is 0 Å². The molecule has 0 aliphatic heterocycles. The van der Waals surface area contributed by atoms with Crippen LogP contribution in [0.4, 0.5) is 5.69 Å². The molecule has 140 valence electrons. The smallest absolute Gasteiger partial charge is 0.0543 e. The van der Waals surface area contributed by atoms with Gasteiger partial charge in [-0.05, 0) is 88.2 Å². The van der Waals surface area contributed by atoms with Gasteiger partial charge in [0.05, 0.1) is 12.2 Å². The quantitative estimate of drug-likeness (QED) is 0.698. The maximum absolute atomic E-state index is 9.70.